The van der Waals surface area contributed by atoms with Gasteiger partial charge >= 0.3 is 0 Å². The van der Waals surface area contributed by atoms with Gasteiger partial charge in [0.2, 0.25) is 0 Å². The normalized spacial score (nSPS) is 9.93. The van der Waals surface area contributed by atoms with Crippen molar-refractivity contribution in [2.45, 2.75) is 6.92 Å². The van der Waals surface area contributed by atoms with Gasteiger partial charge in [-0.3, -0.25) is 4.79 Å². The van der Waals surface area contributed by atoms with Crippen LogP contribution in [0.3, 0.4) is 0 Å². The zero-order valence-electron chi connectivity index (χ0n) is 7.97. The second-order valence-electron chi connectivity index (χ2n) is 2.80. The van der Waals surface area contributed by atoms with Gasteiger partial charge in [0.05, 0.1) is 11.1 Å². The first kappa shape index (κ1) is 9.72. The van der Waals surface area contributed by atoms with Crippen molar-refractivity contribution in [2.24, 2.45) is 0 Å². The van der Waals surface area contributed by atoms with E-state index in [1.165, 1.54) is 17.5 Å². The van der Waals surface area contributed by atoms with Crippen molar-refractivity contribution < 1.29 is 4.79 Å². The molecule has 2 heterocycles. The maximum Gasteiger partial charge on any atom is 0.188 e. The number of carbonyl (C=O) groups is 1. The van der Waals surface area contributed by atoms with Crippen molar-refractivity contribution in [2.75, 3.05) is 5.32 Å². The van der Waals surface area contributed by atoms with Crippen molar-refractivity contribution in [3.05, 3.63) is 29.2 Å². The number of carbonyl (C=O) groups excluding carboxylic acids is 1. The van der Waals surface area contributed by atoms with E-state index < -0.39 is 0 Å². The molecule has 0 saturated carbocycles. The van der Waals surface area contributed by atoms with Crippen molar-refractivity contribution >= 4 is 28.6 Å². The maximum atomic E-state index is 10.4. The van der Waals surface area contributed by atoms with Crippen LogP contribution in [-0.4, -0.2) is 21.2 Å². The number of nitrogens with zero attached hydrogens (tertiary/aromatic N) is 3. The van der Waals surface area contributed by atoms with E-state index in [2.05, 4.69) is 20.3 Å². The summed E-state index contributed by atoms with van der Waals surface area (Å²) in [6.45, 7) is 1.81. The summed E-state index contributed by atoms with van der Waals surface area (Å²) in [4.78, 5) is 23.2. The zero-order chi connectivity index (χ0) is 10.7. The predicted octanol–water partition coefficient (Wildman–Crippen LogP) is 1.80. The Bertz CT molecular complexity index is 482. The number of aldehydes is 1. The van der Waals surface area contributed by atoms with E-state index in [1.807, 2.05) is 6.92 Å². The lowest BCUT2D eigenvalue weighted by atomic mass is 10.5. The molecular weight excluding hydrogens is 212 g/mol. The van der Waals surface area contributed by atoms with E-state index in [1.54, 1.807) is 12.3 Å². The molecule has 2 aromatic heterocycles. The van der Waals surface area contributed by atoms with E-state index in [0.29, 0.717) is 21.7 Å². The SMILES string of the molecule is Cc1nccc(Nc2ncc(C=O)s2)n1. The highest BCUT2D eigenvalue weighted by Gasteiger charge is 2.02. The Balaban J connectivity index is 2.18. The van der Waals surface area contributed by atoms with Crippen LogP contribution >= 0.6 is 11.3 Å². The highest BCUT2D eigenvalue weighted by atomic mass is 32.1. The summed E-state index contributed by atoms with van der Waals surface area (Å²) in [5.41, 5.74) is 0. The molecule has 1 N–H and O–H groups in total. The first-order valence-electron chi connectivity index (χ1n) is 4.25. The Morgan fingerprint density at radius 3 is 3.00 bits per heavy atom. The van der Waals surface area contributed by atoms with Gasteiger partial charge in [0, 0.05) is 6.20 Å². The monoisotopic (exact) mass is 220 g/mol. The van der Waals surface area contributed by atoms with Gasteiger partial charge in [-0.2, -0.15) is 0 Å². The number of aromatic nitrogens is 3. The molecule has 0 aliphatic heterocycles. The maximum absolute atomic E-state index is 10.4. The molecule has 0 aliphatic carbocycles. The summed E-state index contributed by atoms with van der Waals surface area (Å²) in [7, 11) is 0. The highest BCUT2D eigenvalue weighted by Crippen LogP contribution is 2.19. The number of anilines is 2. The summed E-state index contributed by atoms with van der Waals surface area (Å²) < 4.78 is 0. The molecule has 0 bridgehead atoms. The van der Waals surface area contributed by atoms with Gasteiger partial charge in [0.15, 0.2) is 11.4 Å². The Hall–Kier alpha value is -1.82. The first-order chi connectivity index (χ1) is 7.28. The van der Waals surface area contributed by atoms with Gasteiger partial charge in [-0.15, -0.1) is 0 Å². The van der Waals surface area contributed by atoms with Crippen LogP contribution in [-0.2, 0) is 0 Å². The average molecular weight is 220 g/mol. The standard InChI is InChI=1S/C9H8N4OS/c1-6-10-3-2-8(12-6)13-9-11-4-7(5-14)15-9/h2-5H,1H3,(H,10,11,12,13). The number of thiazole rings is 1. The summed E-state index contributed by atoms with van der Waals surface area (Å²) in [6, 6.07) is 1.75. The Kier molecular flexibility index (Phi) is 2.68. The van der Waals surface area contributed by atoms with Crippen LogP contribution in [0.4, 0.5) is 10.9 Å². The van der Waals surface area contributed by atoms with Gasteiger partial charge < -0.3 is 5.32 Å². The molecule has 5 nitrogen and oxygen atoms in total. The van der Waals surface area contributed by atoms with Gasteiger partial charge in [-0.05, 0) is 13.0 Å². The summed E-state index contributed by atoms with van der Waals surface area (Å²) in [5, 5.41) is 3.65. The summed E-state index contributed by atoms with van der Waals surface area (Å²) in [5.74, 6) is 1.36. The summed E-state index contributed by atoms with van der Waals surface area (Å²) in [6.07, 6.45) is 3.96. The third kappa shape index (κ3) is 2.35. The third-order valence-corrected chi connectivity index (χ3v) is 2.49. The van der Waals surface area contributed by atoms with Crippen molar-refractivity contribution in [1.82, 2.24) is 15.0 Å². The summed E-state index contributed by atoms with van der Waals surface area (Å²) >= 11 is 1.28. The molecule has 15 heavy (non-hydrogen) atoms. The molecule has 2 rings (SSSR count). The molecule has 0 amide bonds. The number of hydrogen-bond donors (Lipinski definition) is 1. The van der Waals surface area contributed by atoms with Crippen LogP contribution in [0.25, 0.3) is 0 Å². The van der Waals surface area contributed by atoms with Crippen LogP contribution in [0.2, 0.25) is 0 Å². The molecule has 0 aliphatic rings. The number of rotatable bonds is 3. The molecule has 0 saturated heterocycles. The molecule has 0 unspecified atom stereocenters. The van der Waals surface area contributed by atoms with Crippen molar-refractivity contribution in [3.8, 4) is 0 Å². The number of hydrogen-bond acceptors (Lipinski definition) is 6. The fourth-order valence-corrected chi connectivity index (χ4v) is 1.67. The molecule has 76 valence electrons. The molecule has 0 atom stereocenters. The van der Waals surface area contributed by atoms with E-state index in [9.17, 15) is 4.79 Å². The van der Waals surface area contributed by atoms with Crippen molar-refractivity contribution in [1.29, 1.82) is 0 Å². The topological polar surface area (TPSA) is 67.8 Å². The lowest BCUT2D eigenvalue weighted by Crippen LogP contribution is -1.95. The predicted molar refractivity (Wildman–Crippen MR) is 57.6 cm³/mol. The van der Waals surface area contributed by atoms with Crippen molar-refractivity contribution in [3.63, 3.8) is 0 Å². The minimum absolute atomic E-state index is 0.586. The van der Waals surface area contributed by atoms with Gasteiger partial charge in [-0.25, -0.2) is 15.0 Å². The quantitative estimate of drug-likeness (QED) is 0.799. The lowest BCUT2D eigenvalue weighted by Gasteiger charge is -2.00. The third-order valence-electron chi connectivity index (χ3n) is 1.65. The zero-order valence-corrected chi connectivity index (χ0v) is 8.78. The van der Waals surface area contributed by atoms with E-state index in [4.69, 9.17) is 0 Å². The molecule has 0 spiro atoms. The highest BCUT2D eigenvalue weighted by molar-refractivity contribution is 7.17. The van der Waals surface area contributed by atoms with E-state index in [0.717, 1.165) is 6.29 Å². The largest absolute Gasteiger partial charge is 0.316 e. The first-order valence-corrected chi connectivity index (χ1v) is 5.07. The second kappa shape index (κ2) is 4.14. The fourth-order valence-electron chi connectivity index (χ4n) is 1.03. The molecule has 2 aromatic rings. The van der Waals surface area contributed by atoms with Crippen LogP contribution in [0.5, 0.6) is 0 Å². The second-order valence-corrected chi connectivity index (χ2v) is 3.86. The van der Waals surface area contributed by atoms with E-state index in [-0.39, 0.29) is 0 Å². The smallest absolute Gasteiger partial charge is 0.188 e. The Labute approximate surface area is 90.2 Å². The number of aryl methyl sites for hydroxylation is 1. The van der Waals surface area contributed by atoms with E-state index >= 15 is 0 Å². The Morgan fingerprint density at radius 1 is 1.47 bits per heavy atom. The Morgan fingerprint density at radius 2 is 2.33 bits per heavy atom. The molecular formula is C9H8N4OS. The van der Waals surface area contributed by atoms with Crippen LogP contribution < -0.4 is 5.32 Å². The average Bonchev–Trinajstić information content (AvgIpc) is 2.65. The minimum Gasteiger partial charge on any atom is -0.316 e. The minimum atomic E-state index is 0.586. The van der Waals surface area contributed by atoms with Gasteiger partial charge in [0.1, 0.15) is 11.6 Å². The van der Waals surface area contributed by atoms with Gasteiger partial charge in [0.25, 0.3) is 0 Å². The molecule has 6 heteroatoms. The number of nitrogens with one attached hydrogen (secondary N) is 1. The van der Waals surface area contributed by atoms with Gasteiger partial charge in [-0.1, -0.05) is 11.3 Å². The van der Waals surface area contributed by atoms with Crippen LogP contribution in [0, 0.1) is 6.92 Å². The lowest BCUT2D eigenvalue weighted by molar-refractivity contribution is 0.112. The van der Waals surface area contributed by atoms with Crippen LogP contribution in [0.15, 0.2) is 18.5 Å². The molecule has 0 aromatic carbocycles. The molecule has 0 radical (unpaired) electrons. The molecule has 0 fully saturated rings. The fraction of sp³-hybridized carbons (Fsp3) is 0.111. The van der Waals surface area contributed by atoms with Crippen LogP contribution in [0.1, 0.15) is 15.5 Å².